The van der Waals surface area contributed by atoms with Crippen molar-refractivity contribution in [1.82, 2.24) is 4.98 Å². The molecule has 1 N–H and O–H groups in total. The van der Waals surface area contributed by atoms with Gasteiger partial charge in [0.2, 0.25) is 0 Å². The number of anilines is 1. The Labute approximate surface area is 164 Å². The predicted octanol–water partition coefficient (Wildman–Crippen LogP) is 3.82. The fourth-order valence-electron chi connectivity index (χ4n) is 2.32. The molecule has 2 atom stereocenters. The third-order valence-electron chi connectivity index (χ3n) is 3.42. The summed E-state index contributed by atoms with van der Waals surface area (Å²) in [5.74, 6) is -0.452. The van der Waals surface area contributed by atoms with Gasteiger partial charge in [0.15, 0.2) is 5.12 Å². The van der Waals surface area contributed by atoms with E-state index < -0.39 is 17.6 Å². The summed E-state index contributed by atoms with van der Waals surface area (Å²) in [6, 6.07) is 3.42. The summed E-state index contributed by atoms with van der Waals surface area (Å²) >= 11 is 1.12. The molecule has 1 aromatic heterocycles. The topological polar surface area (TPSA) is 94.6 Å². The first-order chi connectivity index (χ1) is 12.5. The Kier molecular flexibility index (Phi) is 8.75. The molecule has 0 spiro atoms. The molecule has 1 heterocycles. The van der Waals surface area contributed by atoms with Crippen LogP contribution >= 0.6 is 11.8 Å². The lowest BCUT2D eigenvalue weighted by molar-refractivity contribution is -0.147. The number of thioether (sulfide) groups is 1. The molecule has 0 aliphatic rings. The predicted molar refractivity (Wildman–Crippen MR) is 106 cm³/mol. The summed E-state index contributed by atoms with van der Waals surface area (Å²) in [7, 11) is 0. The van der Waals surface area contributed by atoms with E-state index in [2.05, 4.69) is 10.3 Å². The third kappa shape index (κ3) is 8.90. The Morgan fingerprint density at radius 2 is 1.93 bits per heavy atom. The van der Waals surface area contributed by atoms with Crippen LogP contribution in [0.15, 0.2) is 18.3 Å². The van der Waals surface area contributed by atoms with Crippen molar-refractivity contribution in [3.8, 4) is 0 Å². The van der Waals surface area contributed by atoms with E-state index in [1.54, 1.807) is 46.0 Å². The van der Waals surface area contributed by atoms with Crippen molar-refractivity contribution in [2.75, 3.05) is 11.9 Å². The Balaban J connectivity index is 2.80. The molecular weight excluding hydrogens is 368 g/mol. The first-order valence-corrected chi connectivity index (χ1v) is 9.68. The smallest absolute Gasteiger partial charge is 0.413 e. The van der Waals surface area contributed by atoms with Crippen molar-refractivity contribution in [2.45, 2.75) is 58.8 Å². The van der Waals surface area contributed by atoms with E-state index in [1.807, 2.05) is 6.92 Å². The van der Waals surface area contributed by atoms with Crippen molar-refractivity contribution in [1.29, 1.82) is 0 Å². The highest BCUT2D eigenvalue weighted by Crippen LogP contribution is 2.25. The maximum atomic E-state index is 12.3. The van der Waals surface area contributed by atoms with E-state index in [0.29, 0.717) is 12.2 Å². The monoisotopic (exact) mass is 396 g/mol. The second-order valence-electron chi connectivity index (χ2n) is 7.06. The lowest BCUT2D eigenvalue weighted by atomic mass is 9.97. The fourth-order valence-corrected chi connectivity index (χ4v) is 3.21. The molecule has 0 aliphatic heterocycles. The number of esters is 1. The van der Waals surface area contributed by atoms with E-state index in [9.17, 15) is 14.4 Å². The highest BCUT2D eigenvalue weighted by atomic mass is 32.2. The van der Waals surface area contributed by atoms with Crippen molar-refractivity contribution < 1.29 is 23.9 Å². The molecule has 7 nitrogen and oxygen atoms in total. The maximum Gasteiger partial charge on any atom is 0.413 e. The van der Waals surface area contributed by atoms with Gasteiger partial charge in [-0.2, -0.15) is 0 Å². The number of aromatic nitrogens is 1. The van der Waals surface area contributed by atoms with Crippen LogP contribution in [0, 0.1) is 5.92 Å². The van der Waals surface area contributed by atoms with Crippen LogP contribution in [0.5, 0.6) is 0 Å². The zero-order chi connectivity index (χ0) is 20.6. The zero-order valence-electron chi connectivity index (χ0n) is 16.7. The second kappa shape index (κ2) is 10.3. The van der Waals surface area contributed by atoms with Crippen LogP contribution in [-0.2, 0) is 25.5 Å². The van der Waals surface area contributed by atoms with Crippen molar-refractivity contribution in [3.05, 3.63) is 23.9 Å². The molecule has 2 unspecified atom stereocenters. The lowest BCUT2D eigenvalue weighted by Crippen LogP contribution is -2.29. The molecule has 1 rings (SSSR count). The van der Waals surface area contributed by atoms with Gasteiger partial charge in [-0.05, 0) is 45.7 Å². The van der Waals surface area contributed by atoms with E-state index in [4.69, 9.17) is 9.47 Å². The van der Waals surface area contributed by atoms with Gasteiger partial charge in [-0.15, -0.1) is 0 Å². The Hall–Kier alpha value is -2.09. The van der Waals surface area contributed by atoms with Gasteiger partial charge in [-0.25, -0.2) is 9.78 Å². The highest BCUT2D eigenvalue weighted by molar-refractivity contribution is 8.14. The standard InChI is InChI=1S/C19H28N2O5S/c1-7-25-17(23)15(12(2)27-13(3)22)10-14-8-9-16(20-11-14)21-18(24)26-19(4,5)6/h8-9,11-12,15H,7,10H2,1-6H3,(H,20,21,24). The number of rotatable bonds is 7. The minimum atomic E-state index is -0.596. The number of amides is 1. The minimum Gasteiger partial charge on any atom is -0.466 e. The number of nitrogens with one attached hydrogen (secondary N) is 1. The molecular formula is C19H28N2O5S. The lowest BCUT2D eigenvalue weighted by Gasteiger charge is -2.21. The SMILES string of the molecule is CCOC(=O)C(Cc1ccc(NC(=O)OC(C)(C)C)nc1)C(C)SC(C)=O. The zero-order valence-corrected chi connectivity index (χ0v) is 17.5. The summed E-state index contributed by atoms with van der Waals surface area (Å²) in [5.41, 5.74) is 0.209. The number of hydrogen-bond donors (Lipinski definition) is 1. The molecule has 150 valence electrons. The number of carbonyl (C=O) groups excluding carboxylic acids is 3. The molecule has 0 saturated carbocycles. The summed E-state index contributed by atoms with van der Waals surface area (Å²) < 4.78 is 10.3. The van der Waals surface area contributed by atoms with Gasteiger partial charge in [0, 0.05) is 18.4 Å². The molecule has 8 heteroatoms. The van der Waals surface area contributed by atoms with Gasteiger partial charge in [-0.1, -0.05) is 24.8 Å². The largest absolute Gasteiger partial charge is 0.466 e. The molecule has 0 radical (unpaired) electrons. The minimum absolute atomic E-state index is 0.0492. The van der Waals surface area contributed by atoms with Crippen LogP contribution in [0.25, 0.3) is 0 Å². The molecule has 1 aromatic rings. The molecule has 0 fully saturated rings. The number of nitrogens with zero attached hydrogens (tertiary/aromatic N) is 1. The Bertz CT molecular complexity index is 655. The van der Waals surface area contributed by atoms with Crippen LogP contribution in [0.1, 0.15) is 47.1 Å². The van der Waals surface area contributed by atoms with Crippen molar-refractivity contribution >= 4 is 34.8 Å². The van der Waals surface area contributed by atoms with Crippen molar-refractivity contribution in [3.63, 3.8) is 0 Å². The quantitative estimate of drug-likeness (QED) is 0.700. The number of ether oxygens (including phenoxy) is 2. The third-order valence-corrected chi connectivity index (χ3v) is 4.45. The average molecular weight is 397 g/mol. The molecule has 0 saturated heterocycles. The van der Waals surface area contributed by atoms with Gasteiger partial charge in [-0.3, -0.25) is 14.9 Å². The summed E-state index contributed by atoms with van der Waals surface area (Å²) in [6.45, 7) is 10.7. The van der Waals surface area contributed by atoms with E-state index in [0.717, 1.165) is 17.3 Å². The normalized spacial score (nSPS) is 13.4. The fraction of sp³-hybridized carbons (Fsp3) is 0.579. The van der Waals surface area contributed by atoms with Gasteiger partial charge in [0.05, 0.1) is 12.5 Å². The Morgan fingerprint density at radius 1 is 1.26 bits per heavy atom. The van der Waals surface area contributed by atoms with Crippen molar-refractivity contribution in [2.24, 2.45) is 5.92 Å². The summed E-state index contributed by atoms with van der Waals surface area (Å²) in [4.78, 5) is 39.6. The van der Waals surface area contributed by atoms with Crippen LogP contribution in [0.4, 0.5) is 10.6 Å². The van der Waals surface area contributed by atoms with Crippen LogP contribution in [0.3, 0.4) is 0 Å². The molecule has 0 aromatic carbocycles. The molecule has 27 heavy (non-hydrogen) atoms. The number of hydrogen-bond acceptors (Lipinski definition) is 7. The first-order valence-electron chi connectivity index (χ1n) is 8.80. The molecule has 1 amide bonds. The van der Waals surface area contributed by atoms with Gasteiger partial charge in [0.25, 0.3) is 0 Å². The van der Waals surface area contributed by atoms with Crippen LogP contribution in [-0.4, -0.2) is 39.6 Å². The second-order valence-corrected chi connectivity index (χ2v) is 8.61. The van der Waals surface area contributed by atoms with E-state index >= 15 is 0 Å². The van der Waals surface area contributed by atoms with E-state index in [1.165, 1.54) is 6.92 Å². The van der Waals surface area contributed by atoms with Gasteiger partial charge < -0.3 is 9.47 Å². The summed E-state index contributed by atoms with van der Waals surface area (Å²) in [6.07, 6.45) is 1.39. The van der Waals surface area contributed by atoms with Crippen LogP contribution in [0.2, 0.25) is 0 Å². The Morgan fingerprint density at radius 3 is 2.41 bits per heavy atom. The molecule has 0 bridgehead atoms. The summed E-state index contributed by atoms with van der Waals surface area (Å²) in [5, 5.41) is 2.29. The first kappa shape index (κ1) is 23.0. The van der Waals surface area contributed by atoms with Gasteiger partial charge >= 0.3 is 12.1 Å². The number of pyridine rings is 1. The molecule has 0 aliphatic carbocycles. The number of carbonyl (C=O) groups is 3. The van der Waals surface area contributed by atoms with Gasteiger partial charge in [0.1, 0.15) is 11.4 Å². The van der Waals surface area contributed by atoms with E-state index in [-0.39, 0.29) is 22.9 Å². The highest BCUT2D eigenvalue weighted by Gasteiger charge is 2.28. The average Bonchev–Trinajstić information content (AvgIpc) is 2.51. The van der Waals surface area contributed by atoms with Crippen LogP contribution < -0.4 is 5.32 Å². The maximum absolute atomic E-state index is 12.3.